The van der Waals surface area contributed by atoms with E-state index >= 15 is 0 Å². The highest BCUT2D eigenvalue weighted by Gasteiger charge is 2.32. The number of hydrogen-bond donors (Lipinski definition) is 1. The summed E-state index contributed by atoms with van der Waals surface area (Å²) in [5.41, 5.74) is 6.07. The van der Waals surface area contributed by atoms with Crippen LogP contribution >= 0.6 is 12.4 Å². The molecule has 0 radical (unpaired) electrons. The second-order valence-corrected chi connectivity index (χ2v) is 5.80. The SMILES string of the molecule is Cl.NCCCCCCC(=O)N(Cc1ccccc1F)C1CC1. The van der Waals surface area contributed by atoms with Crippen molar-refractivity contribution >= 4 is 18.3 Å². The summed E-state index contributed by atoms with van der Waals surface area (Å²) in [6.07, 6.45) is 6.72. The fourth-order valence-electron chi connectivity index (χ4n) is 2.53. The predicted octanol–water partition coefficient (Wildman–Crippen LogP) is 3.65. The molecule has 1 aliphatic carbocycles. The van der Waals surface area contributed by atoms with Gasteiger partial charge in [-0.15, -0.1) is 12.4 Å². The lowest BCUT2D eigenvalue weighted by Crippen LogP contribution is -2.32. The summed E-state index contributed by atoms with van der Waals surface area (Å²) in [4.78, 5) is 14.2. The van der Waals surface area contributed by atoms with Gasteiger partial charge in [0, 0.05) is 24.6 Å². The fourth-order valence-corrected chi connectivity index (χ4v) is 2.53. The van der Waals surface area contributed by atoms with Gasteiger partial charge in [-0.25, -0.2) is 4.39 Å². The van der Waals surface area contributed by atoms with Crippen molar-refractivity contribution in [2.45, 2.75) is 57.5 Å². The van der Waals surface area contributed by atoms with Gasteiger partial charge < -0.3 is 10.6 Å². The highest BCUT2D eigenvalue weighted by atomic mass is 35.5. The maximum atomic E-state index is 13.7. The molecule has 124 valence electrons. The van der Waals surface area contributed by atoms with E-state index in [0.717, 1.165) is 45.1 Å². The third-order valence-electron chi connectivity index (χ3n) is 3.95. The number of nitrogens with two attached hydrogens (primary N) is 1. The Morgan fingerprint density at radius 3 is 2.50 bits per heavy atom. The van der Waals surface area contributed by atoms with E-state index in [1.807, 2.05) is 11.0 Å². The van der Waals surface area contributed by atoms with Crippen LogP contribution in [-0.2, 0) is 11.3 Å². The Morgan fingerprint density at radius 2 is 1.86 bits per heavy atom. The lowest BCUT2D eigenvalue weighted by Gasteiger charge is -2.23. The molecule has 0 atom stereocenters. The number of benzene rings is 1. The van der Waals surface area contributed by atoms with Crippen LogP contribution in [0.15, 0.2) is 24.3 Å². The van der Waals surface area contributed by atoms with Gasteiger partial charge in [-0.2, -0.15) is 0 Å². The Balaban J connectivity index is 0.00000242. The minimum Gasteiger partial charge on any atom is -0.335 e. The van der Waals surface area contributed by atoms with E-state index in [1.54, 1.807) is 12.1 Å². The number of carbonyl (C=O) groups is 1. The molecule has 0 aromatic heterocycles. The van der Waals surface area contributed by atoms with E-state index < -0.39 is 0 Å². The molecule has 22 heavy (non-hydrogen) atoms. The minimum atomic E-state index is -0.223. The van der Waals surface area contributed by atoms with E-state index in [-0.39, 0.29) is 24.1 Å². The highest BCUT2D eigenvalue weighted by molar-refractivity contribution is 5.85. The molecule has 1 amide bonds. The van der Waals surface area contributed by atoms with Gasteiger partial charge in [-0.1, -0.05) is 31.0 Å². The lowest BCUT2D eigenvalue weighted by molar-refractivity contribution is -0.132. The smallest absolute Gasteiger partial charge is 0.223 e. The van der Waals surface area contributed by atoms with Crippen LogP contribution < -0.4 is 5.73 Å². The number of unbranched alkanes of at least 4 members (excludes halogenated alkanes) is 3. The first kappa shape index (κ1) is 18.9. The molecule has 0 heterocycles. The number of carbonyl (C=O) groups excluding carboxylic acids is 1. The van der Waals surface area contributed by atoms with Crippen LogP contribution in [0.1, 0.15) is 50.5 Å². The Hall–Kier alpha value is -1.13. The van der Waals surface area contributed by atoms with Gasteiger partial charge in [-0.3, -0.25) is 4.79 Å². The molecule has 0 bridgehead atoms. The summed E-state index contributed by atoms with van der Waals surface area (Å²) >= 11 is 0. The van der Waals surface area contributed by atoms with E-state index in [0.29, 0.717) is 24.6 Å². The van der Waals surface area contributed by atoms with Crippen LogP contribution in [-0.4, -0.2) is 23.4 Å². The maximum Gasteiger partial charge on any atom is 0.223 e. The Bertz CT molecular complexity index is 466. The molecular formula is C17H26ClFN2O. The first-order valence-corrected chi connectivity index (χ1v) is 7.95. The zero-order valence-corrected chi connectivity index (χ0v) is 13.8. The van der Waals surface area contributed by atoms with E-state index in [2.05, 4.69) is 0 Å². The van der Waals surface area contributed by atoms with E-state index in [4.69, 9.17) is 5.73 Å². The molecular weight excluding hydrogens is 303 g/mol. The van der Waals surface area contributed by atoms with Gasteiger partial charge in [0.05, 0.1) is 0 Å². The average Bonchev–Trinajstić information content (AvgIpc) is 3.30. The summed E-state index contributed by atoms with van der Waals surface area (Å²) in [6.45, 7) is 1.12. The van der Waals surface area contributed by atoms with Crippen LogP contribution in [0, 0.1) is 5.82 Å². The highest BCUT2D eigenvalue weighted by Crippen LogP contribution is 2.29. The first-order chi connectivity index (χ1) is 10.2. The fraction of sp³-hybridized carbons (Fsp3) is 0.588. The van der Waals surface area contributed by atoms with Crippen molar-refractivity contribution in [3.8, 4) is 0 Å². The lowest BCUT2D eigenvalue weighted by atomic mass is 10.1. The number of hydrogen-bond acceptors (Lipinski definition) is 2. The summed E-state index contributed by atoms with van der Waals surface area (Å²) in [7, 11) is 0. The standard InChI is InChI=1S/C17H25FN2O.ClH/c18-16-8-5-4-7-14(16)13-20(15-10-11-15)17(21)9-3-1-2-6-12-19;/h4-5,7-8,15H,1-3,6,9-13,19H2;1H. The molecule has 3 nitrogen and oxygen atoms in total. The van der Waals surface area contributed by atoms with Crippen molar-refractivity contribution in [3.63, 3.8) is 0 Å². The minimum absolute atomic E-state index is 0. The molecule has 0 spiro atoms. The van der Waals surface area contributed by atoms with Gasteiger partial charge in [0.2, 0.25) is 5.91 Å². The van der Waals surface area contributed by atoms with Crippen molar-refractivity contribution in [2.24, 2.45) is 5.73 Å². The zero-order valence-electron chi connectivity index (χ0n) is 13.0. The molecule has 1 saturated carbocycles. The average molecular weight is 329 g/mol. The topological polar surface area (TPSA) is 46.3 Å². The first-order valence-electron chi connectivity index (χ1n) is 7.95. The van der Waals surface area contributed by atoms with Crippen molar-refractivity contribution in [3.05, 3.63) is 35.6 Å². The van der Waals surface area contributed by atoms with Crippen molar-refractivity contribution in [2.75, 3.05) is 6.54 Å². The second-order valence-electron chi connectivity index (χ2n) is 5.80. The Kier molecular flexibility index (Phi) is 8.43. The molecule has 5 heteroatoms. The van der Waals surface area contributed by atoms with Crippen molar-refractivity contribution in [1.29, 1.82) is 0 Å². The van der Waals surface area contributed by atoms with Crippen molar-refractivity contribution in [1.82, 2.24) is 4.90 Å². The Labute approximate surface area is 138 Å². The van der Waals surface area contributed by atoms with E-state index in [1.165, 1.54) is 6.07 Å². The summed E-state index contributed by atoms with van der Waals surface area (Å²) in [5.74, 6) is -0.0626. The molecule has 0 saturated heterocycles. The monoisotopic (exact) mass is 328 g/mol. The second kappa shape index (κ2) is 9.80. The largest absolute Gasteiger partial charge is 0.335 e. The van der Waals surface area contributed by atoms with Gasteiger partial charge in [0.25, 0.3) is 0 Å². The number of halogens is 2. The van der Waals surface area contributed by atoms with Gasteiger partial charge in [0.15, 0.2) is 0 Å². The number of amides is 1. The quantitative estimate of drug-likeness (QED) is 0.703. The molecule has 1 aliphatic rings. The third kappa shape index (κ3) is 5.93. The number of rotatable bonds is 9. The molecule has 1 aromatic rings. The van der Waals surface area contributed by atoms with E-state index in [9.17, 15) is 9.18 Å². The van der Waals surface area contributed by atoms with Crippen LogP contribution in [0.3, 0.4) is 0 Å². The zero-order chi connectivity index (χ0) is 15.1. The molecule has 1 fully saturated rings. The van der Waals surface area contributed by atoms with Crippen LogP contribution in [0.4, 0.5) is 4.39 Å². The van der Waals surface area contributed by atoms with Crippen LogP contribution in [0.2, 0.25) is 0 Å². The summed E-state index contributed by atoms with van der Waals surface area (Å²) < 4.78 is 13.7. The normalized spacial score (nSPS) is 13.5. The molecule has 0 unspecified atom stereocenters. The molecule has 2 N–H and O–H groups in total. The number of nitrogens with zero attached hydrogens (tertiary/aromatic N) is 1. The van der Waals surface area contributed by atoms with Gasteiger partial charge in [0.1, 0.15) is 5.82 Å². The molecule has 1 aromatic carbocycles. The molecule has 2 rings (SSSR count). The summed E-state index contributed by atoms with van der Waals surface area (Å²) in [5, 5.41) is 0. The maximum absolute atomic E-state index is 13.7. The van der Waals surface area contributed by atoms with Crippen LogP contribution in [0.25, 0.3) is 0 Å². The Morgan fingerprint density at radius 1 is 1.18 bits per heavy atom. The third-order valence-corrected chi connectivity index (χ3v) is 3.95. The van der Waals surface area contributed by atoms with Gasteiger partial charge in [-0.05, 0) is 38.3 Å². The summed E-state index contributed by atoms with van der Waals surface area (Å²) in [6, 6.07) is 7.04. The predicted molar refractivity (Wildman–Crippen MR) is 89.4 cm³/mol. The van der Waals surface area contributed by atoms with Gasteiger partial charge >= 0.3 is 0 Å². The molecule has 0 aliphatic heterocycles. The van der Waals surface area contributed by atoms with Crippen LogP contribution in [0.5, 0.6) is 0 Å². The van der Waals surface area contributed by atoms with Crippen molar-refractivity contribution < 1.29 is 9.18 Å².